The van der Waals surface area contributed by atoms with Crippen LogP contribution in [-0.2, 0) is 13.0 Å². The fraction of sp³-hybridized carbons (Fsp3) is 0.312. The number of fused-ring (bicyclic) bond motifs is 1. The first-order valence-electron chi connectivity index (χ1n) is 7.74. The van der Waals surface area contributed by atoms with Gasteiger partial charge in [0.2, 0.25) is 0 Å². The Hall–Kier alpha value is -1.90. The number of carbonyl (C=O) groups excluding carboxylic acids is 2. The lowest BCUT2D eigenvalue weighted by Crippen LogP contribution is -2.35. The van der Waals surface area contributed by atoms with Crippen molar-refractivity contribution in [3.05, 3.63) is 51.3 Å². The Morgan fingerprint density at radius 2 is 1.80 bits per heavy atom. The molecule has 134 valence electrons. The number of halogens is 2. The lowest BCUT2D eigenvalue weighted by molar-refractivity contribution is 0.0924. The van der Waals surface area contributed by atoms with Gasteiger partial charge in [0.1, 0.15) is 0 Å². The zero-order valence-electron chi connectivity index (χ0n) is 13.4. The van der Waals surface area contributed by atoms with Crippen molar-refractivity contribution >= 4 is 40.2 Å². The van der Waals surface area contributed by atoms with E-state index in [0.29, 0.717) is 30.9 Å². The maximum absolute atomic E-state index is 12.2. The van der Waals surface area contributed by atoms with Crippen LogP contribution in [-0.4, -0.2) is 41.6 Å². The van der Waals surface area contributed by atoms with Crippen molar-refractivity contribution in [2.75, 3.05) is 19.6 Å². The molecule has 0 atom stereocenters. The van der Waals surface area contributed by atoms with E-state index in [-0.39, 0.29) is 24.2 Å². The van der Waals surface area contributed by atoms with Gasteiger partial charge < -0.3 is 16.0 Å². The molecule has 7 nitrogen and oxygen atoms in total. The number of hydrogen-bond acceptors (Lipinski definition) is 4. The predicted octanol–water partition coefficient (Wildman–Crippen LogP) is 1.40. The fourth-order valence-corrected chi connectivity index (χ4v) is 2.82. The molecule has 0 spiro atoms. The summed E-state index contributed by atoms with van der Waals surface area (Å²) in [5.74, 6) is -0.396. The molecule has 1 aliphatic rings. The molecule has 25 heavy (non-hydrogen) atoms. The molecule has 0 bridgehead atoms. The summed E-state index contributed by atoms with van der Waals surface area (Å²) in [6.07, 6.45) is 0.846. The molecule has 0 saturated heterocycles. The minimum absolute atomic E-state index is 0. The van der Waals surface area contributed by atoms with E-state index < -0.39 is 0 Å². The summed E-state index contributed by atoms with van der Waals surface area (Å²) in [5.41, 5.74) is 2.95. The molecule has 0 aliphatic carbocycles. The smallest absolute Gasteiger partial charge is 0.272 e. The highest BCUT2D eigenvalue weighted by molar-refractivity contribution is 9.10. The molecule has 1 aromatic carbocycles. The number of rotatable bonds is 5. The number of carbonyl (C=O) groups is 2. The van der Waals surface area contributed by atoms with E-state index in [2.05, 4.69) is 42.1 Å². The van der Waals surface area contributed by atoms with E-state index in [1.165, 1.54) is 0 Å². The molecule has 0 unspecified atom stereocenters. The summed E-state index contributed by atoms with van der Waals surface area (Å²) in [6, 6.07) is 7.10. The number of benzene rings is 1. The molecule has 0 fully saturated rings. The molecule has 0 radical (unpaired) electrons. The fourth-order valence-electron chi connectivity index (χ4n) is 2.55. The zero-order chi connectivity index (χ0) is 16.9. The molecule has 9 heteroatoms. The van der Waals surface area contributed by atoms with Crippen molar-refractivity contribution in [3.8, 4) is 0 Å². The van der Waals surface area contributed by atoms with Gasteiger partial charge in [-0.05, 0) is 24.3 Å². The molecular formula is C16H19BrClN5O2. The Morgan fingerprint density at radius 3 is 2.52 bits per heavy atom. The van der Waals surface area contributed by atoms with Crippen LogP contribution in [0.15, 0.2) is 28.7 Å². The van der Waals surface area contributed by atoms with Crippen molar-refractivity contribution in [2.24, 2.45) is 0 Å². The van der Waals surface area contributed by atoms with Gasteiger partial charge in [-0.1, -0.05) is 15.9 Å². The quantitative estimate of drug-likeness (QED) is 0.541. The average Bonchev–Trinajstić information content (AvgIpc) is 3.03. The Morgan fingerprint density at radius 1 is 1.12 bits per heavy atom. The average molecular weight is 429 g/mol. The van der Waals surface area contributed by atoms with Crippen molar-refractivity contribution in [3.63, 3.8) is 0 Å². The second-order valence-electron chi connectivity index (χ2n) is 5.47. The Labute approximate surface area is 159 Å². The molecular weight excluding hydrogens is 410 g/mol. The van der Waals surface area contributed by atoms with Gasteiger partial charge in [-0.3, -0.25) is 14.7 Å². The lowest BCUT2D eigenvalue weighted by atomic mass is 10.1. The van der Waals surface area contributed by atoms with Gasteiger partial charge >= 0.3 is 0 Å². The maximum Gasteiger partial charge on any atom is 0.272 e. The number of amides is 2. The largest absolute Gasteiger partial charge is 0.350 e. The van der Waals surface area contributed by atoms with Crippen LogP contribution in [0.3, 0.4) is 0 Å². The first kappa shape index (κ1) is 19.4. The van der Waals surface area contributed by atoms with E-state index in [1.807, 2.05) is 12.1 Å². The van der Waals surface area contributed by atoms with E-state index in [0.717, 1.165) is 28.7 Å². The zero-order valence-corrected chi connectivity index (χ0v) is 15.8. The Balaban J connectivity index is 0.00000225. The summed E-state index contributed by atoms with van der Waals surface area (Å²) >= 11 is 3.33. The number of nitrogens with one attached hydrogen (secondary N) is 4. The highest BCUT2D eigenvalue weighted by atomic mass is 79.9. The van der Waals surface area contributed by atoms with Crippen LogP contribution < -0.4 is 16.0 Å². The minimum Gasteiger partial charge on any atom is -0.350 e. The molecule has 1 aliphatic heterocycles. The molecule has 2 amide bonds. The number of aromatic nitrogens is 2. The van der Waals surface area contributed by atoms with E-state index in [1.54, 1.807) is 12.1 Å². The topological polar surface area (TPSA) is 98.9 Å². The first-order valence-corrected chi connectivity index (χ1v) is 8.53. The second-order valence-corrected chi connectivity index (χ2v) is 6.39. The van der Waals surface area contributed by atoms with Crippen LogP contribution >= 0.6 is 28.3 Å². The van der Waals surface area contributed by atoms with Crippen LogP contribution in [0.2, 0.25) is 0 Å². The van der Waals surface area contributed by atoms with E-state index in [9.17, 15) is 9.59 Å². The molecule has 0 saturated carbocycles. The van der Waals surface area contributed by atoms with Gasteiger partial charge in [-0.15, -0.1) is 12.4 Å². The molecule has 4 N–H and O–H groups in total. The van der Waals surface area contributed by atoms with Crippen molar-refractivity contribution in [1.29, 1.82) is 0 Å². The van der Waals surface area contributed by atoms with Crippen LogP contribution in [0.25, 0.3) is 0 Å². The summed E-state index contributed by atoms with van der Waals surface area (Å²) in [4.78, 5) is 24.1. The Bertz CT molecular complexity index is 747. The third-order valence-electron chi connectivity index (χ3n) is 3.82. The van der Waals surface area contributed by atoms with Crippen molar-refractivity contribution in [2.45, 2.75) is 13.0 Å². The normalized spacial score (nSPS) is 12.7. The lowest BCUT2D eigenvalue weighted by Gasteiger charge is -2.13. The number of aromatic amines is 1. The second kappa shape index (κ2) is 8.98. The van der Waals surface area contributed by atoms with Gasteiger partial charge in [-0.25, -0.2) is 0 Å². The third-order valence-corrected chi connectivity index (χ3v) is 4.35. The number of H-pyrrole nitrogens is 1. The summed E-state index contributed by atoms with van der Waals surface area (Å²) in [6.45, 7) is 2.23. The van der Waals surface area contributed by atoms with Crippen molar-refractivity contribution < 1.29 is 9.59 Å². The highest BCUT2D eigenvalue weighted by Gasteiger charge is 2.21. The van der Waals surface area contributed by atoms with Crippen LogP contribution in [0, 0.1) is 0 Å². The minimum atomic E-state index is -0.228. The van der Waals surface area contributed by atoms with Crippen LogP contribution in [0.5, 0.6) is 0 Å². The van der Waals surface area contributed by atoms with Crippen LogP contribution in [0.4, 0.5) is 0 Å². The predicted molar refractivity (Wildman–Crippen MR) is 100 cm³/mol. The van der Waals surface area contributed by atoms with Gasteiger partial charge in [0, 0.05) is 53.9 Å². The maximum atomic E-state index is 12.2. The van der Waals surface area contributed by atoms with Gasteiger partial charge in [-0.2, -0.15) is 5.10 Å². The van der Waals surface area contributed by atoms with E-state index >= 15 is 0 Å². The van der Waals surface area contributed by atoms with Gasteiger partial charge in [0.05, 0.1) is 0 Å². The highest BCUT2D eigenvalue weighted by Crippen LogP contribution is 2.15. The first-order chi connectivity index (χ1) is 11.6. The molecule has 3 rings (SSSR count). The molecule has 2 heterocycles. The van der Waals surface area contributed by atoms with E-state index in [4.69, 9.17) is 0 Å². The van der Waals surface area contributed by atoms with Gasteiger partial charge in [0.15, 0.2) is 5.69 Å². The van der Waals surface area contributed by atoms with Crippen molar-refractivity contribution in [1.82, 2.24) is 26.1 Å². The monoisotopic (exact) mass is 427 g/mol. The van der Waals surface area contributed by atoms with Gasteiger partial charge in [0.25, 0.3) is 11.8 Å². The summed E-state index contributed by atoms with van der Waals surface area (Å²) in [5, 5.41) is 15.8. The van der Waals surface area contributed by atoms with Crippen LogP contribution in [0.1, 0.15) is 32.1 Å². The number of nitrogens with zero attached hydrogens (tertiary/aromatic N) is 1. The Kier molecular flexibility index (Phi) is 6.98. The molecule has 2 aromatic rings. The standard InChI is InChI=1S/C16H18BrN5O2.ClH/c17-11-3-1-10(2-4-11)15(23)19-7-8-20-16(24)14-12-9-18-6-5-13(12)21-22-14;/h1-4,18H,5-9H2,(H,19,23)(H,20,24)(H,21,22);1H. The SMILES string of the molecule is Cl.O=C(NCCNC(=O)c1n[nH]c2c1CNCC2)c1ccc(Br)cc1. The number of hydrogen-bond donors (Lipinski definition) is 4. The third kappa shape index (κ3) is 4.81. The summed E-state index contributed by atoms with van der Waals surface area (Å²) < 4.78 is 0.920. The summed E-state index contributed by atoms with van der Waals surface area (Å²) in [7, 11) is 0. The molecule has 1 aromatic heterocycles.